The monoisotopic (exact) mass is 240 g/mol. The van der Waals surface area contributed by atoms with Gasteiger partial charge in [0, 0.05) is 6.42 Å². The molecule has 0 aliphatic rings. The summed E-state index contributed by atoms with van der Waals surface area (Å²) in [4.78, 5) is 0. The molecule has 1 rings (SSSR count). The maximum atomic E-state index is 8.63. The van der Waals surface area contributed by atoms with E-state index in [1.165, 1.54) is 14.2 Å². The van der Waals surface area contributed by atoms with Gasteiger partial charge in [0.25, 0.3) is 0 Å². The molecule has 0 aliphatic heterocycles. The van der Waals surface area contributed by atoms with Gasteiger partial charge in [-0.1, -0.05) is 23.4 Å². The Kier molecular flexibility index (Phi) is 4.97. The lowest BCUT2D eigenvalue weighted by Crippen LogP contribution is -1.92. The summed E-state index contributed by atoms with van der Waals surface area (Å²) in [6, 6.07) is 3.50. The minimum Gasteiger partial charge on any atom is -0.495 e. The second-order valence-corrected chi connectivity index (χ2v) is 3.32. The van der Waals surface area contributed by atoms with E-state index in [2.05, 4.69) is 11.8 Å². The van der Waals surface area contributed by atoms with Crippen LogP contribution in [0.2, 0.25) is 5.02 Å². The molecule has 1 aromatic carbocycles. The molecule has 16 heavy (non-hydrogen) atoms. The van der Waals surface area contributed by atoms with Crippen molar-refractivity contribution in [1.29, 1.82) is 0 Å². The van der Waals surface area contributed by atoms with E-state index in [1.807, 2.05) is 0 Å². The fraction of sp³-hybridized carbons (Fsp3) is 0.333. The Bertz CT molecular complexity index is 418. The molecule has 0 amide bonds. The van der Waals surface area contributed by atoms with Crippen molar-refractivity contribution in [3.63, 3.8) is 0 Å². The summed E-state index contributed by atoms with van der Waals surface area (Å²) < 4.78 is 10.2. The highest BCUT2D eigenvalue weighted by Gasteiger charge is 2.11. The largest absolute Gasteiger partial charge is 0.495 e. The summed E-state index contributed by atoms with van der Waals surface area (Å²) in [7, 11) is 3.07. The smallest absolute Gasteiger partial charge is 0.156 e. The van der Waals surface area contributed by atoms with Crippen LogP contribution in [-0.2, 0) is 0 Å². The average molecular weight is 241 g/mol. The molecule has 1 aromatic rings. The normalized spacial score (nSPS) is 9.25. The summed E-state index contributed by atoms with van der Waals surface area (Å²) in [5.41, 5.74) is 0.682. The predicted octanol–water partition coefficient (Wildman–Crippen LogP) is 2.09. The highest BCUT2D eigenvalue weighted by Crippen LogP contribution is 2.36. The third kappa shape index (κ3) is 2.82. The van der Waals surface area contributed by atoms with Crippen molar-refractivity contribution in [2.75, 3.05) is 20.8 Å². The van der Waals surface area contributed by atoms with Gasteiger partial charge in [0.15, 0.2) is 5.75 Å². The lowest BCUT2D eigenvalue weighted by Gasteiger charge is -2.09. The van der Waals surface area contributed by atoms with E-state index in [4.69, 9.17) is 26.2 Å². The second-order valence-electron chi connectivity index (χ2n) is 2.94. The highest BCUT2D eigenvalue weighted by molar-refractivity contribution is 6.33. The molecule has 0 heterocycles. The summed E-state index contributed by atoms with van der Waals surface area (Å²) in [6.45, 7) is 0.0409. The maximum Gasteiger partial charge on any atom is 0.156 e. The summed E-state index contributed by atoms with van der Waals surface area (Å²) in [6.07, 6.45) is 0.423. The van der Waals surface area contributed by atoms with Gasteiger partial charge in [-0.05, 0) is 12.1 Å². The maximum absolute atomic E-state index is 8.63. The fourth-order valence-corrected chi connectivity index (χ4v) is 1.53. The molecule has 0 bridgehead atoms. The van der Waals surface area contributed by atoms with Crippen LogP contribution in [0.4, 0.5) is 0 Å². The standard InChI is InChI=1S/C12H13ClO3/c1-15-10-7-6-9(5-3-4-8-14)12(16-2)11(10)13/h6-7,14H,4,8H2,1-2H3. The lowest BCUT2D eigenvalue weighted by molar-refractivity contribution is 0.305. The van der Waals surface area contributed by atoms with Crippen molar-refractivity contribution in [3.8, 4) is 23.3 Å². The van der Waals surface area contributed by atoms with E-state index in [1.54, 1.807) is 12.1 Å². The lowest BCUT2D eigenvalue weighted by atomic mass is 10.2. The van der Waals surface area contributed by atoms with Gasteiger partial charge in [-0.15, -0.1) is 0 Å². The first kappa shape index (κ1) is 12.7. The molecule has 86 valence electrons. The summed E-state index contributed by atoms with van der Waals surface area (Å²) in [5, 5.41) is 9.03. The second kappa shape index (κ2) is 6.26. The molecule has 4 heteroatoms. The third-order valence-corrected chi connectivity index (χ3v) is 2.30. The molecule has 0 spiro atoms. The van der Waals surface area contributed by atoms with Gasteiger partial charge in [-0.25, -0.2) is 0 Å². The Hall–Kier alpha value is -1.37. The topological polar surface area (TPSA) is 38.7 Å². The Labute approximate surface area is 99.9 Å². The first-order valence-corrected chi connectivity index (χ1v) is 5.12. The number of aliphatic hydroxyl groups excluding tert-OH is 1. The number of hydrogen-bond acceptors (Lipinski definition) is 3. The van der Waals surface area contributed by atoms with E-state index in [-0.39, 0.29) is 6.61 Å². The Morgan fingerprint density at radius 1 is 1.31 bits per heavy atom. The van der Waals surface area contributed by atoms with Gasteiger partial charge >= 0.3 is 0 Å². The van der Waals surface area contributed by atoms with Crippen molar-refractivity contribution in [2.45, 2.75) is 6.42 Å². The average Bonchev–Trinajstić information content (AvgIpc) is 2.30. The van der Waals surface area contributed by atoms with Crippen molar-refractivity contribution < 1.29 is 14.6 Å². The van der Waals surface area contributed by atoms with Crippen LogP contribution >= 0.6 is 11.6 Å². The van der Waals surface area contributed by atoms with Gasteiger partial charge in [-0.2, -0.15) is 0 Å². The van der Waals surface area contributed by atoms with Crippen molar-refractivity contribution >= 4 is 11.6 Å². The van der Waals surface area contributed by atoms with E-state index >= 15 is 0 Å². The van der Waals surface area contributed by atoms with E-state index in [9.17, 15) is 0 Å². The third-order valence-electron chi connectivity index (χ3n) is 1.95. The van der Waals surface area contributed by atoms with Gasteiger partial charge in [0.1, 0.15) is 10.8 Å². The van der Waals surface area contributed by atoms with Crippen LogP contribution < -0.4 is 9.47 Å². The first-order chi connectivity index (χ1) is 7.74. The Morgan fingerprint density at radius 3 is 2.62 bits per heavy atom. The molecule has 0 radical (unpaired) electrons. The number of halogens is 1. The van der Waals surface area contributed by atoms with Crippen LogP contribution in [0.25, 0.3) is 0 Å². The Morgan fingerprint density at radius 2 is 2.06 bits per heavy atom. The molecule has 0 unspecified atom stereocenters. The van der Waals surface area contributed by atoms with Crippen LogP contribution in [0.15, 0.2) is 12.1 Å². The molecular formula is C12H13ClO3. The van der Waals surface area contributed by atoms with Gasteiger partial charge < -0.3 is 14.6 Å². The van der Waals surface area contributed by atoms with Crippen LogP contribution in [0.1, 0.15) is 12.0 Å². The molecule has 0 aromatic heterocycles. The summed E-state index contributed by atoms with van der Waals surface area (Å²) in [5.74, 6) is 6.73. The number of benzene rings is 1. The number of aliphatic hydroxyl groups is 1. The predicted molar refractivity (Wildman–Crippen MR) is 63.1 cm³/mol. The zero-order valence-corrected chi connectivity index (χ0v) is 9.97. The SMILES string of the molecule is COc1ccc(C#CCCO)c(OC)c1Cl. The molecule has 0 saturated heterocycles. The van der Waals surface area contributed by atoms with E-state index < -0.39 is 0 Å². The van der Waals surface area contributed by atoms with Crippen LogP contribution in [-0.4, -0.2) is 25.9 Å². The van der Waals surface area contributed by atoms with Gasteiger partial charge in [0.05, 0.1) is 26.4 Å². The first-order valence-electron chi connectivity index (χ1n) is 4.74. The zero-order valence-electron chi connectivity index (χ0n) is 9.21. The number of methoxy groups -OCH3 is 2. The molecule has 0 saturated carbocycles. The molecule has 0 aliphatic carbocycles. The molecular weight excluding hydrogens is 228 g/mol. The van der Waals surface area contributed by atoms with Crippen molar-refractivity contribution in [1.82, 2.24) is 0 Å². The van der Waals surface area contributed by atoms with E-state index in [0.717, 1.165) is 0 Å². The molecule has 3 nitrogen and oxygen atoms in total. The zero-order chi connectivity index (χ0) is 12.0. The van der Waals surface area contributed by atoms with Crippen LogP contribution in [0.5, 0.6) is 11.5 Å². The quantitative estimate of drug-likeness (QED) is 0.823. The highest BCUT2D eigenvalue weighted by atomic mass is 35.5. The van der Waals surface area contributed by atoms with Crippen LogP contribution in [0, 0.1) is 11.8 Å². The Balaban J connectivity index is 3.12. The van der Waals surface area contributed by atoms with Crippen LogP contribution in [0.3, 0.4) is 0 Å². The summed E-state index contributed by atoms with van der Waals surface area (Å²) >= 11 is 6.06. The molecule has 1 N–H and O–H groups in total. The number of hydrogen-bond donors (Lipinski definition) is 1. The number of rotatable bonds is 3. The minimum absolute atomic E-state index is 0.0409. The van der Waals surface area contributed by atoms with E-state index in [0.29, 0.717) is 28.5 Å². The molecule has 0 atom stereocenters. The van der Waals surface area contributed by atoms with Crippen molar-refractivity contribution in [3.05, 3.63) is 22.7 Å². The van der Waals surface area contributed by atoms with Crippen molar-refractivity contribution in [2.24, 2.45) is 0 Å². The molecule has 0 fully saturated rings. The minimum atomic E-state index is 0.0409. The van der Waals surface area contributed by atoms with Gasteiger partial charge in [0.2, 0.25) is 0 Å². The van der Waals surface area contributed by atoms with Gasteiger partial charge in [-0.3, -0.25) is 0 Å². The number of ether oxygens (including phenoxy) is 2. The fourth-order valence-electron chi connectivity index (χ4n) is 1.21.